The highest BCUT2D eigenvalue weighted by Crippen LogP contribution is 2.16. The molecular weight excluding hydrogens is 308 g/mol. The highest BCUT2D eigenvalue weighted by atomic mass is 16.2. The topological polar surface area (TPSA) is 118 Å². The smallest absolute Gasteiger partial charge is 0.273 e. The quantitative estimate of drug-likeness (QED) is 0.660. The molecule has 0 spiro atoms. The Kier molecular flexibility index (Phi) is 4.07. The van der Waals surface area contributed by atoms with Crippen LogP contribution in [0.4, 0.5) is 0 Å². The Morgan fingerprint density at radius 1 is 1.00 bits per heavy atom. The molecule has 0 bridgehead atoms. The molecule has 1 heterocycles. The van der Waals surface area contributed by atoms with Crippen molar-refractivity contribution in [3.8, 4) is 0 Å². The summed E-state index contributed by atoms with van der Waals surface area (Å²) in [6, 6.07) is 14.3. The summed E-state index contributed by atoms with van der Waals surface area (Å²) in [6.07, 6.45) is 0. The molecule has 120 valence electrons. The van der Waals surface area contributed by atoms with E-state index in [-0.39, 0.29) is 5.69 Å². The van der Waals surface area contributed by atoms with Crippen molar-refractivity contribution < 1.29 is 9.59 Å². The first-order valence-corrected chi connectivity index (χ1v) is 7.20. The minimum Gasteiger partial charge on any atom is -0.368 e. The number of hydrogen-bond donors (Lipinski definition) is 3. The largest absolute Gasteiger partial charge is 0.368 e. The van der Waals surface area contributed by atoms with E-state index in [1.54, 1.807) is 54.6 Å². The van der Waals surface area contributed by atoms with Crippen LogP contribution in [0.25, 0.3) is 10.8 Å². The fraction of sp³-hybridized carbons (Fsp3) is 0.0588. The lowest BCUT2D eigenvalue weighted by molar-refractivity contribution is -0.120. The summed E-state index contributed by atoms with van der Waals surface area (Å²) in [4.78, 5) is 36.0. The number of fused-ring (bicyclic) bond motifs is 1. The zero-order chi connectivity index (χ0) is 17.1. The van der Waals surface area contributed by atoms with E-state index in [2.05, 4.69) is 15.5 Å². The molecule has 2 amide bonds. The Balaban J connectivity index is 1.99. The van der Waals surface area contributed by atoms with Crippen LogP contribution in [-0.2, 0) is 4.79 Å². The van der Waals surface area contributed by atoms with Crippen LogP contribution in [0.2, 0.25) is 0 Å². The fourth-order valence-electron chi connectivity index (χ4n) is 2.45. The van der Waals surface area contributed by atoms with Crippen molar-refractivity contribution in [2.24, 2.45) is 5.73 Å². The number of amides is 2. The van der Waals surface area contributed by atoms with Crippen molar-refractivity contribution in [1.29, 1.82) is 0 Å². The van der Waals surface area contributed by atoms with Gasteiger partial charge in [0.15, 0.2) is 5.69 Å². The number of carbonyl (C=O) groups is 2. The van der Waals surface area contributed by atoms with Crippen LogP contribution in [0.3, 0.4) is 0 Å². The zero-order valence-corrected chi connectivity index (χ0v) is 12.5. The van der Waals surface area contributed by atoms with Crippen molar-refractivity contribution in [2.45, 2.75) is 6.04 Å². The summed E-state index contributed by atoms with van der Waals surface area (Å²) in [6.45, 7) is 0. The molecule has 0 saturated heterocycles. The molecule has 0 aliphatic carbocycles. The minimum atomic E-state index is -0.994. The summed E-state index contributed by atoms with van der Waals surface area (Å²) in [5.41, 5.74) is 5.59. The van der Waals surface area contributed by atoms with Crippen LogP contribution in [0.5, 0.6) is 0 Å². The van der Waals surface area contributed by atoms with Gasteiger partial charge in [-0.25, -0.2) is 5.10 Å². The van der Waals surface area contributed by atoms with Crippen LogP contribution >= 0.6 is 0 Å². The maximum absolute atomic E-state index is 12.6. The Morgan fingerprint density at radius 3 is 2.29 bits per heavy atom. The van der Waals surface area contributed by atoms with E-state index in [1.807, 2.05) is 0 Å². The monoisotopic (exact) mass is 322 g/mol. The van der Waals surface area contributed by atoms with Gasteiger partial charge in [-0.2, -0.15) is 5.10 Å². The van der Waals surface area contributed by atoms with Gasteiger partial charge in [-0.3, -0.25) is 14.4 Å². The van der Waals surface area contributed by atoms with Crippen LogP contribution in [0.15, 0.2) is 59.4 Å². The molecule has 0 aliphatic rings. The molecule has 1 aromatic heterocycles. The van der Waals surface area contributed by atoms with E-state index in [1.165, 1.54) is 0 Å². The van der Waals surface area contributed by atoms with Crippen LogP contribution in [-0.4, -0.2) is 22.0 Å². The third-order valence-corrected chi connectivity index (χ3v) is 3.60. The third-order valence-electron chi connectivity index (χ3n) is 3.60. The SMILES string of the molecule is NC(=O)[C@@H](NC(=O)c1n[nH]c(=O)c2ccccc12)c1ccccc1. The lowest BCUT2D eigenvalue weighted by Gasteiger charge is -2.16. The van der Waals surface area contributed by atoms with Crippen molar-refractivity contribution >= 4 is 22.6 Å². The number of nitrogens with one attached hydrogen (secondary N) is 2. The fourth-order valence-corrected chi connectivity index (χ4v) is 2.45. The second-order valence-electron chi connectivity index (χ2n) is 5.17. The first-order chi connectivity index (χ1) is 11.6. The number of H-pyrrole nitrogens is 1. The van der Waals surface area contributed by atoms with Gasteiger partial charge in [0.25, 0.3) is 11.5 Å². The molecule has 0 fully saturated rings. The first-order valence-electron chi connectivity index (χ1n) is 7.20. The van der Waals surface area contributed by atoms with E-state index in [0.717, 1.165) is 0 Å². The van der Waals surface area contributed by atoms with E-state index in [0.29, 0.717) is 16.3 Å². The number of hydrogen-bond acceptors (Lipinski definition) is 4. The lowest BCUT2D eigenvalue weighted by Crippen LogP contribution is -2.38. The van der Waals surface area contributed by atoms with Gasteiger partial charge in [-0.1, -0.05) is 48.5 Å². The molecule has 4 N–H and O–H groups in total. The Morgan fingerprint density at radius 2 is 1.62 bits per heavy atom. The number of nitrogens with two attached hydrogens (primary N) is 1. The van der Waals surface area contributed by atoms with Gasteiger partial charge in [0.2, 0.25) is 5.91 Å². The lowest BCUT2D eigenvalue weighted by atomic mass is 10.1. The molecule has 2 aromatic carbocycles. The van der Waals surface area contributed by atoms with E-state index in [9.17, 15) is 14.4 Å². The van der Waals surface area contributed by atoms with E-state index >= 15 is 0 Å². The molecule has 3 aromatic rings. The number of aromatic amines is 1. The van der Waals surface area contributed by atoms with Crippen molar-refractivity contribution in [3.63, 3.8) is 0 Å². The van der Waals surface area contributed by atoms with Gasteiger partial charge in [0, 0.05) is 5.39 Å². The number of rotatable bonds is 4. The molecule has 0 saturated carbocycles. The van der Waals surface area contributed by atoms with Gasteiger partial charge in [-0.15, -0.1) is 0 Å². The average Bonchev–Trinajstić information content (AvgIpc) is 2.60. The van der Waals surface area contributed by atoms with Crippen LogP contribution < -0.4 is 16.6 Å². The molecule has 3 rings (SSSR count). The highest BCUT2D eigenvalue weighted by Gasteiger charge is 2.23. The Bertz CT molecular complexity index is 966. The van der Waals surface area contributed by atoms with E-state index in [4.69, 9.17) is 5.73 Å². The van der Waals surface area contributed by atoms with Gasteiger partial charge in [-0.05, 0) is 11.6 Å². The number of benzene rings is 2. The molecule has 24 heavy (non-hydrogen) atoms. The van der Waals surface area contributed by atoms with Gasteiger partial charge < -0.3 is 11.1 Å². The minimum absolute atomic E-state index is 0.0207. The summed E-state index contributed by atoms with van der Waals surface area (Å²) in [5.74, 6) is -1.29. The molecule has 0 unspecified atom stereocenters. The summed E-state index contributed by atoms with van der Waals surface area (Å²) < 4.78 is 0. The Hall–Kier alpha value is -3.48. The standard InChI is InChI=1S/C17H14N4O3/c18-15(22)13(10-6-2-1-3-7-10)19-17(24)14-11-8-4-5-9-12(11)16(23)21-20-14/h1-9,13H,(H2,18,22)(H,19,24)(H,21,23)/t13-/m0/s1. The van der Waals surface area contributed by atoms with Crippen molar-refractivity contribution in [2.75, 3.05) is 0 Å². The molecule has 7 nitrogen and oxygen atoms in total. The molecular formula is C17H14N4O3. The predicted molar refractivity (Wildman–Crippen MR) is 88.2 cm³/mol. The predicted octanol–water partition coefficient (Wildman–Crippen LogP) is 0.879. The molecule has 7 heteroatoms. The van der Waals surface area contributed by atoms with Gasteiger partial charge in [0.1, 0.15) is 6.04 Å². The Labute approximate surface area is 136 Å². The second kappa shape index (κ2) is 6.33. The number of aromatic nitrogens is 2. The number of carbonyl (C=O) groups excluding carboxylic acids is 2. The first kappa shape index (κ1) is 15.4. The maximum Gasteiger partial charge on any atom is 0.273 e. The van der Waals surface area contributed by atoms with Crippen molar-refractivity contribution in [3.05, 3.63) is 76.2 Å². The number of primary amides is 1. The van der Waals surface area contributed by atoms with Crippen molar-refractivity contribution in [1.82, 2.24) is 15.5 Å². The zero-order valence-electron chi connectivity index (χ0n) is 12.5. The van der Waals surface area contributed by atoms with Gasteiger partial charge >= 0.3 is 0 Å². The highest BCUT2D eigenvalue weighted by molar-refractivity contribution is 6.06. The summed E-state index contributed by atoms with van der Waals surface area (Å²) >= 11 is 0. The average molecular weight is 322 g/mol. The molecule has 1 atom stereocenters. The summed E-state index contributed by atoms with van der Waals surface area (Å²) in [7, 11) is 0. The van der Waals surface area contributed by atoms with Gasteiger partial charge in [0.05, 0.1) is 5.39 Å². The molecule has 0 aliphatic heterocycles. The normalized spacial score (nSPS) is 11.8. The van der Waals surface area contributed by atoms with Crippen LogP contribution in [0, 0.1) is 0 Å². The van der Waals surface area contributed by atoms with Crippen LogP contribution in [0.1, 0.15) is 22.1 Å². The number of nitrogens with zero attached hydrogens (tertiary/aromatic N) is 1. The molecule has 0 radical (unpaired) electrons. The third kappa shape index (κ3) is 2.87. The maximum atomic E-state index is 12.6. The van der Waals surface area contributed by atoms with E-state index < -0.39 is 23.4 Å². The second-order valence-corrected chi connectivity index (χ2v) is 5.17. The summed E-state index contributed by atoms with van der Waals surface area (Å²) in [5, 5.41) is 9.40.